The van der Waals surface area contributed by atoms with Gasteiger partial charge in [0.1, 0.15) is 6.10 Å². The largest absolute Gasteiger partial charge is 0.472 e. The number of aromatic nitrogens is 1. The summed E-state index contributed by atoms with van der Waals surface area (Å²) in [7, 11) is 0. The number of hydrogen-bond donors (Lipinski definition) is 1. The van der Waals surface area contributed by atoms with E-state index in [0.717, 1.165) is 17.4 Å². The summed E-state index contributed by atoms with van der Waals surface area (Å²) >= 11 is 3.39. The lowest BCUT2D eigenvalue weighted by Gasteiger charge is -2.17. The molecule has 1 unspecified atom stereocenters. The Morgan fingerprint density at radius 2 is 2.56 bits per heavy atom. The first kappa shape index (κ1) is 13.1. The minimum absolute atomic E-state index is 0.0128. The van der Waals surface area contributed by atoms with E-state index in [4.69, 9.17) is 4.74 Å². The molecule has 0 aliphatic carbocycles. The number of pyridine rings is 1. The standard InChI is InChI=1S/C12H16BrN3O2/c1-2-14-12(17)16-7-5-9(8-16)18-11-10(13)4-3-6-15-11/h3-4,6,9H,2,5,7-8H2,1H3,(H,14,17). The summed E-state index contributed by atoms with van der Waals surface area (Å²) in [6.07, 6.45) is 2.54. The van der Waals surface area contributed by atoms with Crippen LogP contribution in [0.2, 0.25) is 0 Å². The molecule has 1 aromatic rings. The van der Waals surface area contributed by atoms with Crippen LogP contribution in [0.4, 0.5) is 4.79 Å². The van der Waals surface area contributed by atoms with Gasteiger partial charge in [0.25, 0.3) is 0 Å². The fourth-order valence-electron chi connectivity index (χ4n) is 1.89. The molecule has 1 atom stereocenters. The number of halogens is 1. The van der Waals surface area contributed by atoms with Crippen LogP contribution in [0.3, 0.4) is 0 Å². The van der Waals surface area contributed by atoms with Gasteiger partial charge in [0.2, 0.25) is 5.88 Å². The first-order chi connectivity index (χ1) is 8.70. The molecule has 1 N–H and O–H groups in total. The molecule has 1 fully saturated rings. The Kier molecular flexibility index (Phi) is 4.41. The van der Waals surface area contributed by atoms with Crippen LogP contribution in [0.25, 0.3) is 0 Å². The molecule has 5 nitrogen and oxygen atoms in total. The highest BCUT2D eigenvalue weighted by Gasteiger charge is 2.27. The third-order valence-corrected chi connectivity index (χ3v) is 3.37. The molecule has 1 saturated heterocycles. The molecule has 0 bridgehead atoms. The topological polar surface area (TPSA) is 54.5 Å². The lowest BCUT2D eigenvalue weighted by molar-refractivity contribution is 0.183. The molecule has 2 heterocycles. The van der Waals surface area contributed by atoms with Gasteiger partial charge >= 0.3 is 6.03 Å². The first-order valence-corrected chi connectivity index (χ1v) is 6.80. The number of likely N-dealkylation sites (tertiary alicyclic amines) is 1. The summed E-state index contributed by atoms with van der Waals surface area (Å²) in [6, 6.07) is 3.70. The van der Waals surface area contributed by atoms with Crippen molar-refractivity contribution >= 4 is 22.0 Å². The number of rotatable bonds is 3. The minimum atomic E-state index is -0.0244. The molecule has 0 aromatic carbocycles. The van der Waals surface area contributed by atoms with Crippen LogP contribution in [0.1, 0.15) is 13.3 Å². The Balaban J connectivity index is 1.90. The van der Waals surface area contributed by atoms with Crippen molar-refractivity contribution in [3.8, 4) is 5.88 Å². The van der Waals surface area contributed by atoms with Crippen LogP contribution in [-0.4, -0.2) is 41.7 Å². The van der Waals surface area contributed by atoms with E-state index in [-0.39, 0.29) is 12.1 Å². The Hall–Kier alpha value is -1.30. The van der Waals surface area contributed by atoms with Crippen molar-refractivity contribution in [3.05, 3.63) is 22.8 Å². The van der Waals surface area contributed by atoms with Gasteiger partial charge in [-0.25, -0.2) is 9.78 Å². The van der Waals surface area contributed by atoms with Crippen molar-refractivity contribution in [1.29, 1.82) is 0 Å². The van der Waals surface area contributed by atoms with E-state index in [9.17, 15) is 4.79 Å². The van der Waals surface area contributed by atoms with Crippen molar-refractivity contribution < 1.29 is 9.53 Å². The molecule has 1 aliphatic rings. The quantitative estimate of drug-likeness (QED) is 0.929. The molecular formula is C12H16BrN3O2. The van der Waals surface area contributed by atoms with Crippen LogP contribution in [0, 0.1) is 0 Å². The fourth-order valence-corrected chi connectivity index (χ4v) is 2.24. The average molecular weight is 314 g/mol. The Morgan fingerprint density at radius 1 is 1.72 bits per heavy atom. The highest BCUT2D eigenvalue weighted by Crippen LogP contribution is 2.24. The SMILES string of the molecule is CCNC(=O)N1CCC(Oc2ncccc2Br)C1. The monoisotopic (exact) mass is 313 g/mol. The van der Waals surface area contributed by atoms with Crippen LogP contribution in [0.15, 0.2) is 22.8 Å². The van der Waals surface area contributed by atoms with Crippen LogP contribution >= 0.6 is 15.9 Å². The molecule has 18 heavy (non-hydrogen) atoms. The number of carbonyl (C=O) groups excluding carboxylic acids is 1. The Morgan fingerprint density at radius 3 is 3.28 bits per heavy atom. The van der Waals surface area contributed by atoms with Crippen molar-refractivity contribution in [2.75, 3.05) is 19.6 Å². The molecule has 98 valence electrons. The molecule has 1 aliphatic heterocycles. The van der Waals surface area contributed by atoms with Crippen molar-refractivity contribution in [1.82, 2.24) is 15.2 Å². The zero-order valence-electron chi connectivity index (χ0n) is 10.2. The van der Waals surface area contributed by atoms with E-state index >= 15 is 0 Å². The van der Waals surface area contributed by atoms with Gasteiger partial charge in [-0.05, 0) is 35.0 Å². The first-order valence-electron chi connectivity index (χ1n) is 6.00. The zero-order chi connectivity index (χ0) is 13.0. The molecule has 2 amide bonds. The zero-order valence-corrected chi connectivity index (χ0v) is 11.8. The highest BCUT2D eigenvalue weighted by atomic mass is 79.9. The van der Waals surface area contributed by atoms with Gasteiger partial charge in [-0.2, -0.15) is 0 Å². The number of ether oxygens (including phenoxy) is 1. The Labute approximate surface area is 115 Å². The minimum Gasteiger partial charge on any atom is -0.472 e. The molecule has 6 heteroatoms. The number of carbonyl (C=O) groups is 1. The Bertz CT molecular complexity index is 428. The lowest BCUT2D eigenvalue weighted by Crippen LogP contribution is -2.39. The van der Waals surface area contributed by atoms with E-state index in [0.29, 0.717) is 19.0 Å². The average Bonchev–Trinajstić information content (AvgIpc) is 2.81. The molecule has 2 rings (SSSR count). The summed E-state index contributed by atoms with van der Waals surface area (Å²) in [6.45, 7) is 3.88. The van der Waals surface area contributed by atoms with Crippen LogP contribution in [0.5, 0.6) is 5.88 Å². The fraction of sp³-hybridized carbons (Fsp3) is 0.500. The van der Waals surface area contributed by atoms with E-state index in [1.807, 2.05) is 19.1 Å². The number of nitrogens with zero attached hydrogens (tertiary/aromatic N) is 2. The molecular weight excluding hydrogens is 298 g/mol. The molecule has 0 radical (unpaired) electrons. The van der Waals surface area contributed by atoms with Gasteiger partial charge in [0.15, 0.2) is 0 Å². The highest BCUT2D eigenvalue weighted by molar-refractivity contribution is 9.10. The van der Waals surface area contributed by atoms with Gasteiger partial charge in [0, 0.05) is 25.7 Å². The number of urea groups is 1. The maximum atomic E-state index is 11.6. The van der Waals surface area contributed by atoms with Gasteiger partial charge < -0.3 is 15.0 Å². The van der Waals surface area contributed by atoms with Gasteiger partial charge in [-0.15, -0.1) is 0 Å². The van der Waals surface area contributed by atoms with E-state index in [1.165, 1.54) is 0 Å². The summed E-state index contributed by atoms with van der Waals surface area (Å²) in [5, 5.41) is 2.79. The molecule has 1 aromatic heterocycles. The number of amides is 2. The van der Waals surface area contributed by atoms with Gasteiger partial charge in [-0.3, -0.25) is 0 Å². The number of nitrogens with one attached hydrogen (secondary N) is 1. The summed E-state index contributed by atoms with van der Waals surface area (Å²) < 4.78 is 6.62. The maximum absolute atomic E-state index is 11.6. The van der Waals surface area contributed by atoms with Crippen molar-refractivity contribution in [3.63, 3.8) is 0 Å². The van der Waals surface area contributed by atoms with Crippen molar-refractivity contribution in [2.45, 2.75) is 19.4 Å². The predicted octanol–water partition coefficient (Wildman–Crippen LogP) is 2.03. The maximum Gasteiger partial charge on any atom is 0.317 e. The van der Waals surface area contributed by atoms with Gasteiger partial charge in [0.05, 0.1) is 11.0 Å². The van der Waals surface area contributed by atoms with E-state index < -0.39 is 0 Å². The molecule has 0 spiro atoms. The second-order valence-electron chi connectivity index (χ2n) is 4.10. The second kappa shape index (κ2) is 6.04. The smallest absolute Gasteiger partial charge is 0.317 e. The predicted molar refractivity (Wildman–Crippen MR) is 71.6 cm³/mol. The van der Waals surface area contributed by atoms with Crippen molar-refractivity contribution in [2.24, 2.45) is 0 Å². The lowest BCUT2D eigenvalue weighted by atomic mass is 10.3. The second-order valence-corrected chi connectivity index (χ2v) is 4.95. The van der Waals surface area contributed by atoms with E-state index in [1.54, 1.807) is 11.1 Å². The number of hydrogen-bond acceptors (Lipinski definition) is 3. The molecule has 0 saturated carbocycles. The summed E-state index contributed by atoms with van der Waals surface area (Å²) in [5.74, 6) is 0.584. The van der Waals surface area contributed by atoms with Crippen LogP contribution in [-0.2, 0) is 0 Å². The summed E-state index contributed by atoms with van der Waals surface area (Å²) in [4.78, 5) is 17.6. The van der Waals surface area contributed by atoms with E-state index in [2.05, 4.69) is 26.2 Å². The summed E-state index contributed by atoms with van der Waals surface area (Å²) in [5.41, 5.74) is 0. The third kappa shape index (κ3) is 3.13. The van der Waals surface area contributed by atoms with Gasteiger partial charge in [-0.1, -0.05) is 0 Å². The van der Waals surface area contributed by atoms with Crippen LogP contribution < -0.4 is 10.1 Å². The third-order valence-electron chi connectivity index (χ3n) is 2.76. The normalized spacial score (nSPS) is 18.8.